The summed E-state index contributed by atoms with van der Waals surface area (Å²) in [6.07, 6.45) is 4.39. The van der Waals surface area contributed by atoms with Gasteiger partial charge in [-0.25, -0.2) is 13.4 Å². The minimum Gasteiger partial charge on any atom is -0.335 e. The Morgan fingerprint density at radius 1 is 1.17 bits per heavy atom. The molecule has 1 amide bonds. The van der Waals surface area contributed by atoms with Crippen molar-refractivity contribution < 1.29 is 13.2 Å². The first-order valence-corrected chi connectivity index (χ1v) is 9.78. The van der Waals surface area contributed by atoms with Gasteiger partial charge in [0.15, 0.2) is 0 Å². The Kier molecular flexibility index (Phi) is 4.66. The van der Waals surface area contributed by atoms with Crippen molar-refractivity contribution in [3.8, 4) is 0 Å². The fraction of sp³-hybridized carbons (Fsp3) is 0.400. The first-order valence-electron chi connectivity index (χ1n) is 7.52. The summed E-state index contributed by atoms with van der Waals surface area (Å²) in [5.74, 6) is -0.220. The average Bonchev–Trinajstić information content (AvgIpc) is 2.94. The molecule has 0 aromatic carbocycles. The lowest BCUT2D eigenvalue weighted by molar-refractivity contribution is 0.0691. The molecular formula is C15H18N4O3S2. The Morgan fingerprint density at radius 3 is 2.42 bits per heavy atom. The maximum Gasteiger partial charge on any atom is 0.274 e. The zero-order chi connectivity index (χ0) is 17.3. The summed E-state index contributed by atoms with van der Waals surface area (Å²) in [4.78, 5) is 24.0. The Balaban J connectivity index is 1.71. The van der Waals surface area contributed by atoms with Crippen molar-refractivity contribution in [2.24, 2.45) is 0 Å². The van der Waals surface area contributed by atoms with Crippen LogP contribution in [0.1, 0.15) is 20.2 Å². The summed E-state index contributed by atoms with van der Waals surface area (Å²) in [5.41, 5.74) is 0.276. The first kappa shape index (κ1) is 17.0. The fourth-order valence-electron chi connectivity index (χ4n) is 2.71. The van der Waals surface area contributed by atoms with Crippen LogP contribution in [0.2, 0.25) is 0 Å². The van der Waals surface area contributed by atoms with Crippen LogP contribution in [0.5, 0.6) is 0 Å². The summed E-state index contributed by atoms with van der Waals surface area (Å²) < 4.78 is 27.0. The van der Waals surface area contributed by atoms with Crippen LogP contribution >= 0.6 is 11.3 Å². The van der Waals surface area contributed by atoms with Crippen molar-refractivity contribution in [3.63, 3.8) is 0 Å². The van der Waals surface area contributed by atoms with Gasteiger partial charge in [-0.3, -0.25) is 9.78 Å². The number of piperazine rings is 1. The fourth-order valence-corrected chi connectivity index (χ4v) is 5.65. The molecule has 2 aromatic rings. The van der Waals surface area contributed by atoms with Gasteiger partial charge in [-0.2, -0.15) is 4.31 Å². The molecule has 0 unspecified atom stereocenters. The molecule has 0 atom stereocenters. The molecule has 1 aliphatic rings. The molecule has 1 aliphatic heterocycles. The summed E-state index contributed by atoms with van der Waals surface area (Å²) in [6, 6.07) is 1.71. The van der Waals surface area contributed by atoms with E-state index in [0.29, 0.717) is 18.0 Å². The maximum absolute atomic E-state index is 12.8. The zero-order valence-electron chi connectivity index (χ0n) is 13.5. The minimum absolute atomic E-state index is 0.220. The molecule has 1 fully saturated rings. The third-order valence-corrected chi connectivity index (χ3v) is 7.04. The molecule has 3 heterocycles. The molecule has 0 saturated carbocycles. The molecule has 24 heavy (non-hydrogen) atoms. The number of amides is 1. The number of carbonyl (C=O) groups is 1. The van der Waals surface area contributed by atoms with E-state index in [2.05, 4.69) is 9.97 Å². The van der Waals surface area contributed by atoms with Crippen molar-refractivity contribution in [2.45, 2.75) is 18.7 Å². The van der Waals surface area contributed by atoms with Crippen LogP contribution in [0.25, 0.3) is 0 Å². The topological polar surface area (TPSA) is 83.5 Å². The van der Waals surface area contributed by atoms with Crippen molar-refractivity contribution in [1.82, 2.24) is 19.2 Å². The average molecular weight is 366 g/mol. The second-order valence-corrected chi connectivity index (χ2v) is 8.93. The van der Waals surface area contributed by atoms with Gasteiger partial charge in [0.25, 0.3) is 5.91 Å². The number of hydrogen-bond acceptors (Lipinski definition) is 6. The van der Waals surface area contributed by atoms with Gasteiger partial charge in [-0.1, -0.05) is 0 Å². The van der Waals surface area contributed by atoms with Gasteiger partial charge >= 0.3 is 0 Å². The molecule has 7 nitrogen and oxygen atoms in total. The second kappa shape index (κ2) is 6.58. The highest BCUT2D eigenvalue weighted by Crippen LogP contribution is 2.28. The predicted molar refractivity (Wildman–Crippen MR) is 90.5 cm³/mol. The number of carbonyl (C=O) groups excluding carboxylic acids is 1. The van der Waals surface area contributed by atoms with Crippen LogP contribution in [0.4, 0.5) is 0 Å². The van der Waals surface area contributed by atoms with Gasteiger partial charge in [-0.15, -0.1) is 11.3 Å². The lowest BCUT2D eigenvalue weighted by atomic mass is 10.3. The van der Waals surface area contributed by atoms with Gasteiger partial charge < -0.3 is 4.90 Å². The summed E-state index contributed by atoms with van der Waals surface area (Å²) >= 11 is 1.48. The standard InChI is InChI=1S/C15H18N4O3S2/c1-11-9-14(12(2)23-11)24(21,22)19-7-5-18(6-8-19)15(20)13-10-16-3-4-17-13/h3-4,9-10H,5-8H2,1-2H3. The van der Waals surface area contributed by atoms with E-state index in [4.69, 9.17) is 0 Å². The number of thiophene rings is 1. The Labute approximate surface area is 145 Å². The smallest absolute Gasteiger partial charge is 0.274 e. The summed E-state index contributed by atoms with van der Waals surface area (Å²) in [7, 11) is -3.51. The van der Waals surface area contributed by atoms with E-state index < -0.39 is 10.0 Å². The molecule has 0 bridgehead atoms. The first-order chi connectivity index (χ1) is 11.4. The quantitative estimate of drug-likeness (QED) is 0.818. The molecule has 0 aliphatic carbocycles. The monoisotopic (exact) mass is 366 g/mol. The Bertz CT molecular complexity index is 841. The molecule has 9 heteroatoms. The minimum atomic E-state index is -3.51. The van der Waals surface area contributed by atoms with E-state index in [0.717, 1.165) is 9.75 Å². The third-order valence-electron chi connectivity index (χ3n) is 3.92. The molecule has 0 N–H and O–H groups in total. The molecule has 1 saturated heterocycles. The highest BCUT2D eigenvalue weighted by atomic mass is 32.2. The third kappa shape index (κ3) is 3.19. The van der Waals surface area contributed by atoms with Crippen molar-refractivity contribution in [1.29, 1.82) is 0 Å². The van der Waals surface area contributed by atoms with Crippen LogP contribution in [0, 0.1) is 13.8 Å². The van der Waals surface area contributed by atoms with Crippen LogP contribution in [-0.4, -0.2) is 59.7 Å². The predicted octanol–water partition coefficient (Wildman–Crippen LogP) is 1.30. The van der Waals surface area contributed by atoms with Crippen molar-refractivity contribution >= 4 is 27.3 Å². The van der Waals surface area contributed by atoms with E-state index >= 15 is 0 Å². The van der Waals surface area contributed by atoms with Crippen LogP contribution in [0.15, 0.2) is 29.6 Å². The van der Waals surface area contributed by atoms with Gasteiger partial charge in [0.1, 0.15) is 5.69 Å². The SMILES string of the molecule is Cc1cc(S(=O)(=O)N2CCN(C(=O)c3cnccn3)CC2)c(C)s1. The molecule has 0 spiro atoms. The van der Waals surface area contributed by atoms with E-state index in [1.54, 1.807) is 11.0 Å². The highest BCUT2D eigenvalue weighted by molar-refractivity contribution is 7.89. The molecular weight excluding hydrogens is 348 g/mol. The van der Waals surface area contributed by atoms with Crippen molar-refractivity contribution in [2.75, 3.05) is 26.2 Å². The van der Waals surface area contributed by atoms with Crippen LogP contribution in [-0.2, 0) is 10.0 Å². The highest BCUT2D eigenvalue weighted by Gasteiger charge is 2.32. The summed E-state index contributed by atoms with van der Waals surface area (Å²) in [6.45, 7) is 4.96. The van der Waals surface area contributed by atoms with E-state index in [1.807, 2.05) is 13.8 Å². The van der Waals surface area contributed by atoms with E-state index in [1.165, 1.54) is 34.2 Å². The normalized spacial score (nSPS) is 16.3. The van der Waals surface area contributed by atoms with Gasteiger partial charge in [0.2, 0.25) is 10.0 Å². The number of sulfonamides is 1. The number of aromatic nitrogens is 2. The molecule has 3 rings (SSSR count). The largest absolute Gasteiger partial charge is 0.335 e. The lowest BCUT2D eigenvalue weighted by Crippen LogP contribution is -2.50. The van der Waals surface area contributed by atoms with Gasteiger partial charge in [0, 0.05) is 48.3 Å². The number of nitrogens with zero attached hydrogens (tertiary/aromatic N) is 4. The lowest BCUT2D eigenvalue weighted by Gasteiger charge is -2.33. The second-order valence-electron chi connectivity index (χ2n) is 5.56. The Morgan fingerprint density at radius 2 is 1.88 bits per heavy atom. The summed E-state index contributed by atoms with van der Waals surface area (Å²) in [5, 5.41) is 0. The molecule has 128 valence electrons. The number of aryl methyl sites for hydroxylation is 2. The van der Waals surface area contributed by atoms with Crippen molar-refractivity contribution in [3.05, 3.63) is 40.1 Å². The molecule has 2 aromatic heterocycles. The van der Waals surface area contributed by atoms with Crippen LogP contribution < -0.4 is 0 Å². The number of rotatable bonds is 3. The van der Waals surface area contributed by atoms with E-state index in [9.17, 15) is 13.2 Å². The van der Waals surface area contributed by atoms with Crippen LogP contribution in [0.3, 0.4) is 0 Å². The molecule has 0 radical (unpaired) electrons. The zero-order valence-corrected chi connectivity index (χ0v) is 15.1. The van der Waals surface area contributed by atoms with E-state index in [-0.39, 0.29) is 24.7 Å². The number of hydrogen-bond donors (Lipinski definition) is 0. The van der Waals surface area contributed by atoms with Gasteiger partial charge in [0.05, 0.1) is 11.1 Å². The maximum atomic E-state index is 12.8. The van der Waals surface area contributed by atoms with Gasteiger partial charge in [-0.05, 0) is 19.9 Å². The Hall–Kier alpha value is -1.84.